The maximum Gasteiger partial charge on any atom is 0.270 e. The van der Waals surface area contributed by atoms with Gasteiger partial charge in [0.2, 0.25) is 5.82 Å². The molecule has 0 radical (unpaired) electrons. The van der Waals surface area contributed by atoms with Gasteiger partial charge in [-0.1, -0.05) is 36.3 Å². The van der Waals surface area contributed by atoms with E-state index >= 15 is 0 Å². The maximum absolute atomic E-state index is 10.8. The summed E-state index contributed by atoms with van der Waals surface area (Å²) in [6.45, 7) is 2.22. The van der Waals surface area contributed by atoms with Gasteiger partial charge in [-0.2, -0.15) is 4.98 Å². The summed E-state index contributed by atoms with van der Waals surface area (Å²) in [5, 5.41) is 14.7. The van der Waals surface area contributed by atoms with E-state index in [9.17, 15) is 10.1 Å². The highest BCUT2D eigenvalue weighted by Crippen LogP contribution is 2.22. The molecule has 0 saturated carbocycles. The summed E-state index contributed by atoms with van der Waals surface area (Å²) in [6.07, 6.45) is 0.969. The summed E-state index contributed by atoms with van der Waals surface area (Å²) in [7, 11) is 0. The van der Waals surface area contributed by atoms with E-state index in [0.717, 1.165) is 6.42 Å². The topological polar surface area (TPSA) is 91.3 Å². The SMILES string of the molecule is CCc1ccc(OCc2nc(-c3cccc([N+](=O)[O-])c3)no2)cc1. The Morgan fingerprint density at radius 3 is 2.71 bits per heavy atom. The highest BCUT2D eigenvalue weighted by atomic mass is 16.6. The molecule has 0 spiro atoms. The lowest BCUT2D eigenvalue weighted by molar-refractivity contribution is -0.384. The first kappa shape index (κ1) is 15.7. The largest absolute Gasteiger partial charge is 0.484 e. The Bertz CT molecular complexity index is 843. The zero-order valence-electron chi connectivity index (χ0n) is 13.0. The molecular weight excluding hydrogens is 310 g/mol. The fraction of sp³-hybridized carbons (Fsp3) is 0.176. The molecule has 2 aromatic carbocycles. The molecule has 0 atom stereocenters. The number of benzene rings is 2. The van der Waals surface area contributed by atoms with Crippen LogP contribution < -0.4 is 4.74 Å². The number of rotatable bonds is 6. The average Bonchev–Trinajstić information content (AvgIpc) is 3.09. The van der Waals surface area contributed by atoms with Crippen LogP contribution in [0.15, 0.2) is 53.1 Å². The number of aromatic nitrogens is 2. The van der Waals surface area contributed by atoms with Crippen LogP contribution in [0.2, 0.25) is 0 Å². The van der Waals surface area contributed by atoms with E-state index in [-0.39, 0.29) is 12.3 Å². The molecule has 0 N–H and O–H groups in total. The van der Waals surface area contributed by atoms with Gasteiger partial charge in [-0.05, 0) is 24.1 Å². The fourth-order valence-electron chi connectivity index (χ4n) is 2.16. The van der Waals surface area contributed by atoms with Gasteiger partial charge in [0, 0.05) is 17.7 Å². The van der Waals surface area contributed by atoms with Gasteiger partial charge in [-0.25, -0.2) is 0 Å². The number of nitro benzene ring substituents is 1. The van der Waals surface area contributed by atoms with Crippen molar-refractivity contribution in [2.45, 2.75) is 20.0 Å². The van der Waals surface area contributed by atoms with Crippen LogP contribution in [0.5, 0.6) is 5.75 Å². The molecule has 0 aliphatic carbocycles. The van der Waals surface area contributed by atoms with Crippen molar-refractivity contribution < 1.29 is 14.2 Å². The molecular formula is C17H15N3O4. The normalized spacial score (nSPS) is 10.5. The van der Waals surface area contributed by atoms with Crippen molar-refractivity contribution in [1.29, 1.82) is 0 Å². The fourth-order valence-corrected chi connectivity index (χ4v) is 2.16. The van der Waals surface area contributed by atoms with Gasteiger partial charge < -0.3 is 9.26 Å². The molecule has 24 heavy (non-hydrogen) atoms. The van der Waals surface area contributed by atoms with Crippen molar-refractivity contribution in [3.63, 3.8) is 0 Å². The Labute approximate surface area is 138 Å². The van der Waals surface area contributed by atoms with Crippen LogP contribution in [-0.2, 0) is 13.0 Å². The molecule has 3 aromatic rings. The van der Waals surface area contributed by atoms with Gasteiger partial charge in [0.05, 0.1) is 4.92 Å². The molecule has 0 unspecified atom stereocenters. The third-order valence-electron chi connectivity index (χ3n) is 3.48. The van der Waals surface area contributed by atoms with Gasteiger partial charge in [0.15, 0.2) is 6.61 Å². The van der Waals surface area contributed by atoms with E-state index in [2.05, 4.69) is 17.1 Å². The minimum absolute atomic E-state index is 0.0221. The molecule has 7 nitrogen and oxygen atoms in total. The summed E-state index contributed by atoms with van der Waals surface area (Å²) in [6, 6.07) is 13.8. The predicted molar refractivity (Wildman–Crippen MR) is 86.5 cm³/mol. The maximum atomic E-state index is 10.8. The Balaban J connectivity index is 1.69. The quantitative estimate of drug-likeness (QED) is 0.506. The van der Waals surface area contributed by atoms with Crippen LogP contribution in [0.3, 0.4) is 0 Å². The summed E-state index contributed by atoms with van der Waals surface area (Å²) < 4.78 is 10.7. The van der Waals surface area contributed by atoms with Crippen molar-refractivity contribution in [3.05, 3.63) is 70.1 Å². The number of non-ortho nitro benzene ring substituents is 1. The van der Waals surface area contributed by atoms with Crippen LogP contribution in [0.25, 0.3) is 11.4 Å². The molecule has 0 fully saturated rings. The third kappa shape index (κ3) is 3.57. The predicted octanol–water partition coefficient (Wildman–Crippen LogP) is 3.79. The van der Waals surface area contributed by atoms with Crippen molar-refractivity contribution in [1.82, 2.24) is 10.1 Å². The zero-order chi connectivity index (χ0) is 16.9. The third-order valence-corrected chi connectivity index (χ3v) is 3.48. The number of nitrogens with zero attached hydrogens (tertiary/aromatic N) is 3. The molecule has 7 heteroatoms. The second kappa shape index (κ2) is 6.91. The number of ether oxygens (including phenoxy) is 1. The average molecular weight is 325 g/mol. The minimum Gasteiger partial charge on any atom is -0.484 e. The lowest BCUT2D eigenvalue weighted by Gasteiger charge is -2.03. The number of nitro groups is 1. The Morgan fingerprint density at radius 2 is 2.00 bits per heavy atom. The number of hydrogen-bond acceptors (Lipinski definition) is 6. The van der Waals surface area contributed by atoms with Crippen molar-refractivity contribution in [3.8, 4) is 17.1 Å². The first-order valence-corrected chi connectivity index (χ1v) is 7.45. The lowest BCUT2D eigenvalue weighted by atomic mass is 10.2. The molecule has 0 aliphatic heterocycles. The molecule has 0 bridgehead atoms. The molecule has 122 valence electrons. The summed E-state index contributed by atoms with van der Waals surface area (Å²) in [4.78, 5) is 14.6. The van der Waals surface area contributed by atoms with E-state index in [1.807, 2.05) is 24.3 Å². The van der Waals surface area contributed by atoms with E-state index in [4.69, 9.17) is 9.26 Å². The summed E-state index contributed by atoms with van der Waals surface area (Å²) in [5.41, 5.74) is 1.73. The second-order valence-electron chi connectivity index (χ2n) is 5.11. The van der Waals surface area contributed by atoms with Gasteiger partial charge in [-0.15, -0.1) is 0 Å². The van der Waals surface area contributed by atoms with E-state index < -0.39 is 4.92 Å². The minimum atomic E-state index is -0.465. The monoisotopic (exact) mass is 325 g/mol. The molecule has 1 aromatic heterocycles. The zero-order valence-corrected chi connectivity index (χ0v) is 13.0. The van der Waals surface area contributed by atoms with Gasteiger partial charge in [0.1, 0.15) is 5.75 Å². The highest BCUT2D eigenvalue weighted by Gasteiger charge is 2.13. The second-order valence-corrected chi connectivity index (χ2v) is 5.11. The highest BCUT2D eigenvalue weighted by molar-refractivity contribution is 5.58. The molecule has 0 saturated heterocycles. The molecule has 1 heterocycles. The molecule has 0 aliphatic rings. The lowest BCUT2D eigenvalue weighted by Crippen LogP contribution is -1.96. The van der Waals surface area contributed by atoms with Gasteiger partial charge >= 0.3 is 0 Å². The van der Waals surface area contributed by atoms with Crippen LogP contribution in [0.1, 0.15) is 18.4 Å². The Hall–Kier alpha value is -3.22. The van der Waals surface area contributed by atoms with Crippen molar-refractivity contribution in [2.75, 3.05) is 0 Å². The summed E-state index contributed by atoms with van der Waals surface area (Å²) in [5.74, 6) is 1.30. The number of hydrogen-bond donors (Lipinski definition) is 0. The van der Waals surface area contributed by atoms with Crippen molar-refractivity contribution >= 4 is 5.69 Å². The van der Waals surface area contributed by atoms with Gasteiger partial charge in [0.25, 0.3) is 11.6 Å². The van der Waals surface area contributed by atoms with Crippen LogP contribution in [-0.4, -0.2) is 15.1 Å². The van der Waals surface area contributed by atoms with E-state index in [0.29, 0.717) is 23.0 Å². The summed E-state index contributed by atoms with van der Waals surface area (Å²) >= 11 is 0. The van der Waals surface area contributed by atoms with E-state index in [1.165, 1.54) is 17.7 Å². The standard InChI is InChI=1S/C17H15N3O4/c1-2-12-6-8-15(9-7-12)23-11-16-18-17(19-24-16)13-4-3-5-14(10-13)20(21)22/h3-10H,2,11H2,1H3. The van der Waals surface area contributed by atoms with Crippen LogP contribution in [0, 0.1) is 10.1 Å². The van der Waals surface area contributed by atoms with E-state index in [1.54, 1.807) is 12.1 Å². The first-order valence-electron chi connectivity index (χ1n) is 7.45. The number of aryl methyl sites for hydroxylation is 1. The van der Waals surface area contributed by atoms with Crippen molar-refractivity contribution in [2.24, 2.45) is 0 Å². The first-order chi connectivity index (χ1) is 11.7. The molecule has 0 amide bonds. The van der Waals surface area contributed by atoms with Gasteiger partial charge in [-0.3, -0.25) is 10.1 Å². The Kier molecular flexibility index (Phi) is 4.51. The van der Waals surface area contributed by atoms with Crippen LogP contribution >= 0.6 is 0 Å². The smallest absolute Gasteiger partial charge is 0.270 e. The molecule has 3 rings (SSSR count). The van der Waals surface area contributed by atoms with Crippen LogP contribution in [0.4, 0.5) is 5.69 Å². The Morgan fingerprint density at radius 1 is 1.21 bits per heavy atom.